The molecule has 2 nitrogen and oxygen atoms in total. The Labute approximate surface area is 123 Å². The molecule has 0 aromatic heterocycles. The van der Waals surface area contributed by atoms with Crippen LogP contribution in [-0.2, 0) is 0 Å². The summed E-state index contributed by atoms with van der Waals surface area (Å²) in [4.78, 5) is 2.70. The molecule has 1 heterocycles. The van der Waals surface area contributed by atoms with Crippen molar-refractivity contribution in [2.75, 3.05) is 19.6 Å². The van der Waals surface area contributed by atoms with Crippen molar-refractivity contribution in [1.29, 1.82) is 0 Å². The zero-order valence-corrected chi connectivity index (χ0v) is 13.3. The van der Waals surface area contributed by atoms with Gasteiger partial charge in [0.15, 0.2) is 0 Å². The highest BCUT2D eigenvalue weighted by Gasteiger charge is 2.41. The van der Waals surface area contributed by atoms with E-state index in [0.29, 0.717) is 11.6 Å². The Morgan fingerprint density at radius 1 is 1.32 bits per heavy atom. The molecule has 3 heteroatoms. The molecule has 110 valence electrons. The summed E-state index contributed by atoms with van der Waals surface area (Å²) in [6.45, 7) is 7.99. The molecule has 1 aliphatic carbocycles. The van der Waals surface area contributed by atoms with Gasteiger partial charge in [-0.15, -0.1) is 0 Å². The average molecular weight is 285 g/mol. The van der Waals surface area contributed by atoms with Crippen LogP contribution in [0.3, 0.4) is 0 Å². The van der Waals surface area contributed by atoms with E-state index in [2.05, 4.69) is 30.1 Å². The number of nitrogens with zero attached hydrogens (tertiary/aromatic N) is 1. The molecule has 0 amide bonds. The van der Waals surface area contributed by atoms with E-state index in [4.69, 9.17) is 11.6 Å². The van der Waals surface area contributed by atoms with Crippen LogP contribution < -0.4 is 5.32 Å². The second-order valence-electron chi connectivity index (χ2n) is 6.76. The first kappa shape index (κ1) is 15.3. The molecule has 1 saturated carbocycles. The molecule has 1 spiro atoms. The van der Waals surface area contributed by atoms with Crippen molar-refractivity contribution in [1.82, 2.24) is 10.2 Å². The van der Waals surface area contributed by atoms with E-state index < -0.39 is 0 Å². The Balaban J connectivity index is 2.02. The summed E-state index contributed by atoms with van der Waals surface area (Å²) in [5.74, 6) is 0.767. The van der Waals surface area contributed by atoms with Crippen LogP contribution in [0.2, 0.25) is 0 Å². The van der Waals surface area contributed by atoms with E-state index in [1.807, 2.05) is 0 Å². The number of nitrogens with one attached hydrogen (secondary N) is 1. The minimum atomic E-state index is 0.405. The minimum Gasteiger partial charge on any atom is -0.311 e. The van der Waals surface area contributed by atoms with Crippen molar-refractivity contribution in [2.24, 2.45) is 5.92 Å². The van der Waals surface area contributed by atoms with Crippen molar-refractivity contribution in [2.45, 2.75) is 64.0 Å². The highest BCUT2D eigenvalue weighted by atomic mass is 35.5. The maximum atomic E-state index is 5.75. The van der Waals surface area contributed by atoms with E-state index in [1.54, 1.807) is 5.54 Å². The number of hydrogen-bond donors (Lipinski definition) is 1. The van der Waals surface area contributed by atoms with Crippen LogP contribution >= 0.6 is 11.6 Å². The van der Waals surface area contributed by atoms with E-state index in [-0.39, 0.29) is 0 Å². The van der Waals surface area contributed by atoms with Crippen LogP contribution in [-0.4, -0.2) is 36.1 Å². The monoisotopic (exact) mass is 284 g/mol. The molecular weight excluding hydrogens is 256 g/mol. The molecule has 1 aliphatic heterocycles. The zero-order valence-electron chi connectivity index (χ0n) is 12.5. The maximum absolute atomic E-state index is 5.75. The third-order valence-corrected chi connectivity index (χ3v) is 4.96. The van der Waals surface area contributed by atoms with Crippen molar-refractivity contribution < 1.29 is 0 Å². The fraction of sp³-hybridized carbons (Fsp3) is 0.875. The lowest BCUT2D eigenvalue weighted by Gasteiger charge is -2.52. The lowest BCUT2D eigenvalue weighted by Crippen LogP contribution is -2.65. The molecule has 1 N–H and O–H groups in total. The molecule has 19 heavy (non-hydrogen) atoms. The highest BCUT2D eigenvalue weighted by molar-refractivity contribution is 6.25. The zero-order chi connectivity index (χ0) is 13.7. The average Bonchev–Trinajstić information content (AvgIpc) is 2.40. The van der Waals surface area contributed by atoms with Gasteiger partial charge in [0.1, 0.15) is 0 Å². The van der Waals surface area contributed by atoms with Crippen LogP contribution in [0.25, 0.3) is 0 Å². The Hall–Kier alpha value is -0.0500. The minimum absolute atomic E-state index is 0.405. The van der Waals surface area contributed by atoms with Gasteiger partial charge in [0.05, 0.1) is 0 Å². The fourth-order valence-corrected chi connectivity index (χ4v) is 3.92. The second-order valence-corrected chi connectivity index (χ2v) is 7.01. The van der Waals surface area contributed by atoms with Gasteiger partial charge in [-0.25, -0.2) is 0 Å². The first-order valence-electron chi connectivity index (χ1n) is 7.90. The highest BCUT2D eigenvalue weighted by Crippen LogP contribution is 2.35. The summed E-state index contributed by atoms with van der Waals surface area (Å²) < 4.78 is 0. The largest absolute Gasteiger partial charge is 0.311 e. The van der Waals surface area contributed by atoms with E-state index in [9.17, 15) is 0 Å². The molecule has 0 aromatic rings. The molecule has 0 aromatic carbocycles. The van der Waals surface area contributed by atoms with Gasteiger partial charge < -0.3 is 5.32 Å². The number of hydrogen-bond acceptors (Lipinski definition) is 2. The van der Waals surface area contributed by atoms with Crippen LogP contribution in [0, 0.1) is 5.92 Å². The molecule has 0 radical (unpaired) electrons. The van der Waals surface area contributed by atoms with Crippen LogP contribution in [0.5, 0.6) is 0 Å². The summed E-state index contributed by atoms with van der Waals surface area (Å²) in [5, 5.41) is 3.82. The quantitative estimate of drug-likeness (QED) is 0.846. The fourth-order valence-electron chi connectivity index (χ4n) is 3.84. The lowest BCUT2D eigenvalue weighted by atomic mass is 9.78. The van der Waals surface area contributed by atoms with Crippen molar-refractivity contribution >= 4 is 11.6 Å². The van der Waals surface area contributed by atoms with Crippen molar-refractivity contribution in [3.63, 3.8) is 0 Å². The molecule has 1 saturated heterocycles. The van der Waals surface area contributed by atoms with Gasteiger partial charge in [-0.1, -0.05) is 50.8 Å². The van der Waals surface area contributed by atoms with Gasteiger partial charge in [-0.3, -0.25) is 4.90 Å². The molecule has 2 rings (SSSR count). The topological polar surface area (TPSA) is 15.3 Å². The van der Waals surface area contributed by atoms with E-state index in [1.165, 1.54) is 51.6 Å². The lowest BCUT2D eigenvalue weighted by molar-refractivity contribution is 0.0159. The first-order valence-corrected chi connectivity index (χ1v) is 8.33. The van der Waals surface area contributed by atoms with Crippen molar-refractivity contribution in [3.8, 4) is 0 Å². The maximum Gasteiger partial charge on any atom is 0.0338 e. The molecule has 0 bridgehead atoms. The normalized spacial score (nSPS) is 28.5. The van der Waals surface area contributed by atoms with Gasteiger partial charge in [0.25, 0.3) is 0 Å². The number of piperazine rings is 1. The van der Waals surface area contributed by atoms with Gasteiger partial charge >= 0.3 is 0 Å². The summed E-state index contributed by atoms with van der Waals surface area (Å²) in [6, 6.07) is 0.649. The Bertz CT molecular complexity index is 295. The smallest absolute Gasteiger partial charge is 0.0338 e. The van der Waals surface area contributed by atoms with Gasteiger partial charge in [0, 0.05) is 36.8 Å². The van der Waals surface area contributed by atoms with Gasteiger partial charge in [-0.05, 0) is 25.2 Å². The van der Waals surface area contributed by atoms with Crippen LogP contribution in [0.1, 0.15) is 52.4 Å². The van der Waals surface area contributed by atoms with Gasteiger partial charge in [0.2, 0.25) is 0 Å². The third-order valence-electron chi connectivity index (χ3n) is 4.79. The predicted octanol–water partition coefficient (Wildman–Crippen LogP) is 3.76. The summed E-state index contributed by atoms with van der Waals surface area (Å²) in [5.41, 5.74) is 2.08. The summed E-state index contributed by atoms with van der Waals surface area (Å²) >= 11 is 5.75. The molecular formula is C16H29ClN2. The molecule has 2 fully saturated rings. The number of halogens is 1. The first-order chi connectivity index (χ1) is 9.16. The number of rotatable bonds is 4. The summed E-state index contributed by atoms with van der Waals surface area (Å²) in [6.07, 6.45) is 10.3. The van der Waals surface area contributed by atoms with Crippen LogP contribution in [0.15, 0.2) is 11.6 Å². The SMILES string of the molecule is CC(C)CC1CN(C/C=C/Cl)C2(CCCCC2)CN1. The Morgan fingerprint density at radius 2 is 2.05 bits per heavy atom. The Kier molecular flexibility index (Phi) is 5.73. The second kappa shape index (κ2) is 7.10. The molecule has 1 unspecified atom stereocenters. The Morgan fingerprint density at radius 3 is 2.68 bits per heavy atom. The van der Waals surface area contributed by atoms with Crippen molar-refractivity contribution in [3.05, 3.63) is 11.6 Å². The standard InChI is InChI=1S/C16H29ClN2/c1-14(2)11-15-12-19(10-6-9-17)16(13-18-15)7-4-3-5-8-16/h6,9,14-15,18H,3-5,7-8,10-13H2,1-2H3/b9-6+. The van der Waals surface area contributed by atoms with Gasteiger partial charge in [-0.2, -0.15) is 0 Å². The van der Waals surface area contributed by atoms with E-state index >= 15 is 0 Å². The summed E-state index contributed by atoms with van der Waals surface area (Å²) in [7, 11) is 0. The molecule has 1 atom stereocenters. The van der Waals surface area contributed by atoms with Crippen LogP contribution in [0.4, 0.5) is 0 Å². The predicted molar refractivity (Wildman–Crippen MR) is 83.6 cm³/mol. The molecule has 2 aliphatic rings. The van der Waals surface area contributed by atoms with E-state index in [0.717, 1.165) is 12.5 Å². The third kappa shape index (κ3) is 3.96.